The fraction of sp³-hybridized carbons (Fsp3) is 1.00. The maximum absolute atomic E-state index is 2.49. The van der Waals surface area contributed by atoms with Gasteiger partial charge in [-0.05, 0) is 36.0 Å². The van der Waals surface area contributed by atoms with Crippen LogP contribution in [0.2, 0.25) is 0 Å². The lowest BCUT2D eigenvalue weighted by atomic mass is 9.51. The van der Waals surface area contributed by atoms with Crippen LogP contribution >= 0.6 is 0 Å². The molecular formula is C13H26. The molecule has 1 unspecified atom stereocenters. The summed E-state index contributed by atoms with van der Waals surface area (Å²) in [4.78, 5) is 0. The van der Waals surface area contributed by atoms with E-state index in [2.05, 4.69) is 34.6 Å². The highest BCUT2D eigenvalue weighted by atomic mass is 14.5. The molecule has 1 aliphatic carbocycles. The monoisotopic (exact) mass is 182 g/mol. The van der Waals surface area contributed by atoms with Crippen LogP contribution in [0.5, 0.6) is 0 Å². The first-order valence-corrected chi connectivity index (χ1v) is 6.00. The predicted octanol–water partition coefficient (Wildman–Crippen LogP) is 4.64. The number of hydrogen-bond donors (Lipinski definition) is 0. The van der Waals surface area contributed by atoms with Gasteiger partial charge in [0.1, 0.15) is 0 Å². The highest BCUT2D eigenvalue weighted by Crippen LogP contribution is 2.56. The van der Waals surface area contributed by atoms with Gasteiger partial charge in [-0.25, -0.2) is 0 Å². The molecule has 0 aromatic heterocycles. The Morgan fingerprint density at radius 3 is 2.08 bits per heavy atom. The summed E-state index contributed by atoms with van der Waals surface area (Å²) < 4.78 is 0. The molecule has 0 aromatic rings. The van der Waals surface area contributed by atoms with Crippen LogP contribution in [0.15, 0.2) is 0 Å². The Hall–Kier alpha value is 0. The first-order valence-electron chi connectivity index (χ1n) is 6.00. The minimum absolute atomic E-state index is 0.550. The standard InChI is InChI=1S/C13H26/c1-6-13(7-2)10-8-9-11(3)12(13,4)5/h11H,6-10H2,1-5H3. The molecule has 0 heteroatoms. The average molecular weight is 182 g/mol. The molecule has 0 N–H and O–H groups in total. The second-order valence-electron chi connectivity index (χ2n) is 5.50. The Labute approximate surface area is 84.1 Å². The van der Waals surface area contributed by atoms with E-state index in [0.717, 1.165) is 5.92 Å². The van der Waals surface area contributed by atoms with Gasteiger partial charge in [0, 0.05) is 0 Å². The molecule has 0 nitrogen and oxygen atoms in total. The fourth-order valence-corrected chi connectivity index (χ4v) is 3.47. The largest absolute Gasteiger partial charge is 0.0648 e. The van der Waals surface area contributed by atoms with Gasteiger partial charge in [-0.15, -0.1) is 0 Å². The molecule has 1 fully saturated rings. The van der Waals surface area contributed by atoms with Crippen LogP contribution in [0.3, 0.4) is 0 Å². The Balaban J connectivity index is 2.93. The zero-order chi connectivity index (χ0) is 10.1. The average Bonchev–Trinajstić information content (AvgIpc) is 2.10. The van der Waals surface area contributed by atoms with Crippen LogP contribution in [0.4, 0.5) is 0 Å². The van der Waals surface area contributed by atoms with E-state index in [4.69, 9.17) is 0 Å². The third-order valence-electron chi connectivity index (χ3n) is 5.24. The van der Waals surface area contributed by atoms with Gasteiger partial charge in [0.15, 0.2) is 0 Å². The van der Waals surface area contributed by atoms with Crippen LogP contribution in [0.25, 0.3) is 0 Å². The summed E-state index contributed by atoms with van der Waals surface area (Å²) in [5, 5.41) is 0. The minimum atomic E-state index is 0.550. The molecule has 1 aliphatic rings. The van der Waals surface area contributed by atoms with Crippen molar-refractivity contribution in [3.8, 4) is 0 Å². The summed E-state index contributed by atoms with van der Waals surface area (Å²) in [7, 11) is 0. The summed E-state index contributed by atoms with van der Waals surface area (Å²) in [6, 6.07) is 0. The van der Waals surface area contributed by atoms with Gasteiger partial charge in [-0.3, -0.25) is 0 Å². The Kier molecular flexibility index (Phi) is 3.09. The maximum Gasteiger partial charge on any atom is -0.0249 e. The fourth-order valence-electron chi connectivity index (χ4n) is 3.47. The van der Waals surface area contributed by atoms with Gasteiger partial charge in [0.2, 0.25) is 0 Å². The topological polar surface area (TPSA) is 0 Å². The number of hydrogen-bond acceptors (Lipinski definition) is 0. The highest BCUT2D eigenvalue weighted by Gasteiger charge is 2.47. The third-order valence-corrected chi connectivity index (χ3v) is 5.24. The van der Waals surface area contributed by atoms with Gasteiger partial charge in [-0.1, -0.05) is 47.5 Å². The highest BCUT2D eigenvalue weighted by molar-refractivity contribution is 4.97. The molecule has 1 saturated carbocycles. The lowest BCUT2D eigenvalue weighted by Crippen LogP contribution is -2.44. The summed E-state index contributed by atoms with van der Waals surface area (Å²) in [5.74, 6) is 0.904. The van der Waals surface area contributed by atoms with Crippen LogP contribution in [0.1, 0.15) is 66.7 Å². The van der Waals surface area contributed by atoms with E-state index in [1.54, 1.807) is 0 Å². The smallest absolute Gasteiger partial charge is 0.0249 e. The van der Waals surface area contributed by atoms with Gasteiger partial charge < -0.3 is 0 Å². The molecule has 0 amide bonds. The molecule has 0 bridgehead atoms. The molecular weight excluding hydrogens is 156 g/mol. The molecule has 0 aromatic carbocycles. The van der Waals surface area contributed by atoms with Crippen molar-refractivity contribution in [2.75, 3.05) is 0 Å². The summed E-state index contributed by atoms with van der Waals surface area (Å²) in [6.45, 7) is 12.2. The maximum atomic E-state index is 2.49. The van der Waals surface area contributed by atoms with E-state index >= 15 is 0 Å². The summed E-state index contributed by atoms with van der Waals surface area (Å²) in [6.07, 6.45) is 7.07. The van der Waals surface area contributed by atoms with E-state index in [9.17, 15) is 0 Å². The van der Waals surface area contributed by atoms with Crippen molar-refractivity contribution in [3.05, 3.63) is 0 Å². The van der Waals surface area contributed by atoms with Crippen molar-refractivity contribution < 1.29 is 0 Å². The predicted molar refractivity (Wildman–Crippen MR) is 59.8 cm³/mol. The first kappa shape index (κ1) is 11.1. The molecule has 0 saturated heterocycles. The van der Waals surface area contributed by atoms with Gasteiger partial charge in [-0.2, -0.15) is 0 Å². The molecule has 0 heterocycles. The normalized spacial score (nSPS) is 31.6. The molecule has 0 spiro atoms. The first-order chi connectivity index (χ1) is 6.00. The zero-order valence-electron chi connectivity index (χ0n) is 10.1. The van der Waals surface area contributed by atoms with E-state index in [1.165, 1.54) is 32.1 Å². The van der Waals surface area contributed by atoms with Crippen molar-refractivity contribution in [1.29, 1.82) is 0 Å². The molecule has 1 atom stereocenters. The molecule has 0 aliphatic heterocycles. The summed E-state index contributed by atoms with van der Waals surface area (Å²) >= 11 is 0. The van der Waals surface area contributed by atoms with Crippen molar-refractivity contribution in [3.63, 3.8) is 0 Å². The SMILES string of the molecule is CCC1(CC)CCCC(C)C1(C)C. The minimum Gasteiger partial charge on any atom is -0.0648 e. The van der Waals surface area contributed by atoms with Crippen LogP contribution < -0.4 is 0 Å². The van der Waals surface area contributed by atoms with E-state index < -0.39 is 0 Å². The van der Waals surface area contributed by atoms with Crippen LogP contribution in [0, 0.1) is 16.7 Å². The Morgan fingerprint density at radius 1 is 1.15 bits per heavy atom. The van der Waals surface area contributed by atoms with E-state index in [1.807, 2.05) is 0 Å². The molecule has 78 valence electrons. The van der Waals surface area contributed by atoms with Crippen molar-refractivity contribution in [1.82, 2.24) is 0 Å². The quantitative estimate of drug-likeness (QED) is 0.583. The molecule has 13 heavy (non-hydrogen) atoms. The van der Waals surface area contributed by atoms with Gasteiger partial charge in [0.05, 0.1) is 0 Å². The second-order valence-corrected chi connectivity index (χ2v) is 5.50. The Bertz CT molecular complexity index is 163. The van der Waals surface area contributed by atoms with Gasteiger partial charge >= 0.3 is 0 Å². The van der Waals surface area contributed by atoms with E-state index in [-0.39, 0.29) is 0 Å². The molecule has 0 radical (unpaired) electrons. The van der Waals surface area contributed by atoms with Crippen molar-refractivity contribution >= 4 is 0 Å². The summed E-state index contributed by atoms with van der Waals surface area (Å²) in [5.41, 5.74) is 1.18. The number of rotatable bonds is 2. The van der Waals surface area contributed by atoms with Crippen LogP contribution in [-0.4, -0.2) is 0 Å². The second kappa shape index (κ2) is 3.63. The molecule has 1 rings (SSSR count). The van der Waals surface area contributed by atoms with Crippen molar-refractivity contribution in [2.45, 2.75) is 66.7 Å². The Morgan fingerprint density at radius 2 is 1.69 bits per heavy atom. The van der Waals surface area contributed by atoms with Gasteiger partial charge in [0.25, 0.3) is 0 Å². The van der Waals surface area contributed by atoms with Crippen LogP contribution in [-0.2, 0) is 0 Å². The zero-order valence-corrected chi connectivity index (χ0v) is 10.1. The third kappa shape index (κ3) is 1.53. The lowest BCUT2D eigenvalue weighted by molar-refractivity contribution is -0.0366. The lowest BCUT2D eigenvalue weighted by Gasteiger charge is -2.53. The van der Waals surface area contributed by atoms with Crippen molar-refractivity contribution in [2.24, 2.45) is 16.7 Å². The van der Waals surface area contributed by atoms with E-state index in [0.29, 0.717) is 10.8 Å².